The van der Waals surface area contributed by atoms with Crippen LogP contribution in [0.5, 0.6) is 0 Å². The van der Waals surface area contributed by atoms with E-state index in [4.69, 9.17) is 0 Å². The van der Waals surface area contributed by atoms with E-state index in [1.54, 1.807) is 12.1 Å². The predicted octanol–water partition coefficient (Wildman–Crippen LogP) is 10.7. The molecule has 4 nitrogen and oxygen atoms in total. The predicted molar refractivity (Wildman–Crippen MR) is 198 cm³/mol. The number of carboxylic acid groups (broad SMARTS) is 1. The lowest BCUT2D eigenvalue weighted by Crippen LogP contribution is -2.65. The number of carbonyl (C=O) groups excluding carboxylic acids is 1. The summed E-state index contributed by atoms with van der Waals surface area (Å²) < 4.78 is 0. The first-order valence-corrected chi connectivity index (χ1v) is 19.5. The normalized spacial score (nSPS) is 39.9. The van der Waals surface area contributed by atoms with E-state index in [9.17, 15) is 14.7 Å². The van der Waals surface area contributed by atoms with Crippen LogP contribution in [0.15, 0.2) is 42.5 Å². The second-order valence-corrected chi connectivity index (χ2v) is 18.6. The van der Waals surface area contributed by atoms with E-state index in [2.05, 4.69) is 73.1 Å². The van der Waals surface area contributed by atoms with Gasteiger partial charge in [-0.3, -0.25) is 4.79 Å². The van der Waals surface area contributed by atoms with Crippen molar-refractivity contribution in [1.82, 2.24) is 4.90 Å². The zero-order chi connectivity index (χ0) is 34.9. The highest BCUT2D eigenvalue weighted by molar-refractivity contribution is 5.88. The SMILES string of the molecule is C=C(C)[C@@H]1CC[C@]2(C(=O)CCCN(C)CCC)CC[C@]3(C)[C@H](CC[C@@H]4[C@@]5(C)CC=C(c6ccc(C(=O)O)cc6)C(C)(C)[C@@H]5CC[C@]43C)[C@@H]12. The standard InChI is InChI=1S/C44H65NO3/c1-10-27-45(9)28-11-12-37(46)44-24-19-32(29(2)3)38(44)34-17-18-36-41(6)22-20-33(30-13-15-31(16-14-30)39(47)48)40(4,5)35(41)21-23-43(36,8)42(34,7)25-26-44/h13-16,20,32,34-36,38H,2,10-12,17-19,21-28H2,1,3-9H3,(H,47,48)/t32-,34+,35-,36+,38+,41-,42+,43+,44+/m0/s1. The van der Waals surface area contributed by atoms with Gasteiger partial charge >= 0.3 is 5.97 Å². The Morgan fingerprint density at radius 2 is 1.60 bits per heavy atom. The molecule has 0 spiro atoms. The maximum atomic E-state index is 14.5. The molecule has 4 saturated carbocycles. The van der Waals surface area contributed by atoms with Crippen molar-refractivity contribution < 1.29 is 14.7 Å². The number of hydrogen-bond donors (Lipinski definition) is 1. The molecule has 0 heterocycles. The molecule has 48 heavy (non-hydrogen) atoms. The maximum Gasteiger partial charge on any atom is 0.335 e. The number of hydrogen-bond acceptors (Lipinski definition) is 3. The topological polar surface area (TPSA) is 57.6 Å². The minimum Gasteiger partial charge on any atom is -0.478 e. The number of aromatic carboxylic acids is 1. The number of carboxylic acids is 1. The highest BCUT2D eigenvalue weighted by Gasteiger charge is 2.71. The highest BCUT2D eigenvalue weighted by atomic mass is 16.4. The van der Waals surface area contributed by atoms with Gasteiger partial charge in [0.2, 0.25) is 0 Å². The molecule has 0 aliphatic heterocycles. The fourth-order valence-electron chi connectivity index (χ4n) is 13.8. The molecule has 4 fully saturated rings. The molecular formula is C44H65NO3. The van der Waals surface area contributed by atoms with Crippen LogP contribution in [0, 0.1) is 56.7 Å². The Bertz CT molecular complexity index is 1460. The molecule has 264 valence electrons. The second kappa shape index (κ2) is 12.5. The Kier molecular flexibility index (Phi) is 9.30. The van der Waals surface area contributed by atoms with Crippen LogP contribution in [-0.2, 0) is 4.79 Å². The summed E-state index contributed by atoms with van der Waals surface area (Å²) in [5.41, 5.74) is 4.76. The summed E-state index contributed by atoms with van der Waals surface area (Å²) in [6, 6.07) is 7.58. The molecule has 5 aliphatic rings. The molecule has 1 aromatic carbocycles. The van der Waals surface area contributed by atoms with Crippen molar-refractivity contribution in [2.24, 2.45) is 56.7 Å². The molecule has 0 saturated heterocycles. The Labute approximate surface area is 292 Å². The smallest absolute Gasteiger partial charge is 0.335 e. The van der Waals surface area contributed by atoms with E-state index < -0.39 is 5.97 Å². The molecule has 0 aromatic heterocycles. The summed E-state index contributed by atoms with van der Waals surface area (Å²) in [7, 11) is 2.20. The Morgan fingerprint density at radius 1 is 0.896 bits per heavy atom. The monoisotopic (exact) mass is 655 g/mol. The lowest BCUT2D eigenvalue weighted by Gasteiger charge is -2.72. The van der Waals surface area contributed by atoms with Crippen LogP contribution in [0.1, 0.15) is 141 Å². The summed E-state index contributed by atoms with van der Waals surface area (Å²) in [5.74, 6) is 2.44. The van der Waals surface area contributed by atoms with Crippen molar-refractivity contribution in [3.05, 3.63) is 53.6 Å². The van der Waals surface area contributed by atoms with Crippen LogP contribution in [0.25, 0.3) is 5.57 Å². The molecule has 4 heteroatoms. The van der Waals surface area contributed by atoms with E-state index in [0.29, 0.717) is 40.9 Å². The van der Waals surface area contributed by atoms with E-state index in [0.717, 1.165) is 58.0 Å². The van der Waals surface area contributed by atoms with Crippen LogP contribution in [0.2, 0.25) is 0 Å². The average Bonchev–Trinajstić information content (AvgIpc) is 3.43. The fraction of sp³-hybridized carbons (Fsp3) is 0.727. The quantitative estimate of drug-likeness (QED) is 0.255. The molecule has 0 amide bonds. The number of nitrogens with zero attached hydrogens (tertiary/aromatic N) is 1. The Hall–Kier alpha value is -2.20. The van der Waals surface area contributed by atoms with Crippen LogP contribution in [0.4, 0.5) is 0 Å². The summed E-state index contributed by atoms with van der Waals surface area (Å²) >= 11 is 0. The molecule has 9 atom stereocenters. The zero-order valence-corrected chi connectivity index (χ0v) is 31.6. The molecule has 0 radical (unpaired) electrons. The summed E-state index contributed by atoms with van der Waals surface area (Å²) in [6.07, 6.45) is 16.0. The van der Waals surface area contributed by atoms with Crippen LogP contribution >= 0.6 is 0 Å². The van der Waals surface area contributed by atoms with Crippen LogP contribution < -0.4 is 0 Å². The molecular weight excluding hydrogens is 590 g/mol. The summed E-state index contributed by atoms with van der Waals surface area (Å²) in [5, 5.41) is 9.48. The van der Waals surface area contributed by atoms with Crippen LogP contribution in [-0.4, -0.2) is 41.9 Å². The van der Waals surface area contributed by atoms with E-state index in [1.165, 1.54) is 48.8 Å². The van der Waals surface area contributed by atoms with E-state index in [-0.39, 0.29) is 27.1 Å². The van der Waals surface area contributed by atoms with Crippen LogP contribution in [0.3, 0.4) is 0 Å². The third kappa shape index (κ3) is 5.24. The first-order chi connectivity index (χ1) is 22.6. The van der Waals surface area contributed by atoms with Crippen molar-refractivity contribution in [3.63, 3.8) is 0 Å². The summed E-state index contributed by atoms with van der Waals surface area (Å²) in [6.45, 7) is 24.1. The molecule has 0 unspecified atom stereocenters. The number of benzene rings is 1. The van der Waals surface area contributed by atoms with Gasteiger partial charge in [0.05, 0.1) is 5.56 Å². The fourth-order valence-corrected chi connectivity index (χ4v) is 13.8. The van der Waals surface area contributed by atoms with Gasteiger partial charge in [0.15, 0.2) is 0 Å². The van der Waals surface area contributed by atoms with Gasteiger partial charge in [0.1, 0.15) is 5.78 Å². The summed E-state index contributed by atoms with van der Waals surface area (Å²) in [4.78, 5) is 28.4. The van der Waals surface area contributed by atoms with Crippen molar-refractivity contribution in [3.8, 4) is 0 Å². The molecule has 6 rings (SSSR count). The number of carbonyl (C=O) groups is 2. The number of ketones is 1. The van der Waals surface area contributed by atoms with Gasteiger partial charge in [-0.05, 0) is 172 Å². The number of rotatable bonds is 10. The minimum atomic E-state index is -0.867. The van der Waals surface area contributed by atoms with Crippen molar-refractivity contribution in [2.45, 2.75) is 126 Å². The maximum absolute atomic E-state index is 14.5. The largest absolute Gasteiger partial charge is 0.478 e. The highest BCUT2D eigenvalue weighted by Crippen LogP contribution is 2.78. The van der Waals surface area contributed by atoms with Gasteiger partial charge in [0.25, 0.3) is 0 Å². The number of allylic oxidation sites excluding steroid dienone is 3. The molecule has 1 N–H and O–H groups in total. The van der Waals surface area contributed by atoms with Gasteiger partial charge in [-0.15, -0.1) is 0 Å². The van der Waals surface area contributed by atoms with Gasteiger partial charge in [-0.2, -0.15) is 0 Å². The third-order valence-electron chi connectivity index (χ3n) is 16.2. The van der Waals surface area contributed by atoms with Gasteiger partial charge < -0.3 is 10.0 Å². The third-order valence-corrected chi connectivity index (χ3v) is 16.2. The second-order valence-electron chi connectivity index (χ2n) is 18.6. The molecule has 0 bridgehead atoms. The van der Waals surface area contributed by atoms with Gasteiger partial charge in [-0.1, -0.05) is 71.9 Å². The Morgan fingerprint density at radius 3 is 2.25 bits per heavy atom. The molecule has 5 aliphatic carbocycles. The van der Waals surface area contributed by atoms with Gasteiger partial charge in [0, 0.05) is 11.8 Å². The van der Waals surface area contributed by atoms with Gasteiger partial charge in [-0.25, -0.2) is 4.79 Å². The molecule has 1 aromatic rings. The first kappa shape index (κ1) is 35.6. The Balaban J connectivity index is 1.30. The van der Waals surface area contributed by atoms with E-state index in [1.807, 2.05) is 12.1 Å². The van der Waals surface area contributed by atoms with Crippen molar-refractivity contribution in [1.29, 1.82) is 0 Å². The average molecular weight is 656 g/mol. The first-order valence-electron chi connectivity index (χ1n) is 19.5. The zero-order valence-electron chi connectivity index (χ0n) is 31.6. The van der Waals surface area contributed by atoms with Crippen molar-refractivity contribution >= 4 is 17.3 Å². The van der Waals surface area contributed by atoms with Crippen molar-refractivity contribution in [2.75, 3.05) is 20.1 Å². The lowest BCUT2D eigenvalue weighted by molar-refractivity contribution is -0.224. The van der Waals surface area contributed by atoms with E-state index >= 15 is 0 Å². The number of fused-ring (bicyclic) bond motifs is 7. The minimum absolute atomic E-state index is 0.00661. The lowest BCUT2D eigenvalue weighted by atomic mass is 9.32. The number of Topliss-reactive ketones (excluding diaryl/α,β-unsaturated/α-hetero) is 1.